The molecule has 2 aliphatic carbocycles. The molecule has 2 aromatic carbocycles. The van der Waals surface area contributed by atoms with Crippen LogP contribution in [-0.4, -0.2) is 47.2 Å². The Morgan fingerprint density at radius 1 is 0.780 bits per heavy atom. The summed E-state index contributed by atoms with van der Waals surface area (Å²) in [4.78, 5) is 50.9. The summed E-state index contributed by atoms with van der Waals surface area (Å²) in [5.74, 6) is -5.88. The lowest BCUT2D eigenvalue weighted by Crippen LogP contribution is -2.53. The van der Waals surface area contributed by atoms with Crippen LogP contribution in [0.1, 0.15) is 57.5 Å². The van der Waals surface area contributed by atoms with E-state index in [1.165, 1.54) is 0 Å². The number of hydrogen-bond donors (Lipinski definition) is 2. The summed E-state index contributed by atoms with van der Waals surface area (Å²) in [7, 11) is 0. The second-order valence-electron chi connectivity index (χ2n) is 9.94. The summed E-state index contributed by atoms with van der Waals surface area (Å²) >= 11 is 0. The molecule has 0 unspecified atom stereocenters. The van der Waals surface area contributed by atoms with Crippen molar-refractivity contribution in [2.45, 2.75) is 56.3 Å². The number of ether oxygens (including phenoxy) is 2. The van der Waals surface area contributed by atoms with E-state index in [4.69, 9.17) is 9.47 Å². The molecule has 2 N–H and O–H groups in total. The first-order chi connectivity index (χ1) is 19.1. The van der Waals surface area contributed by atoms with E-state index < -0.39 is 76.7 Å². The Kier molecular flexibility index (Phi) is 8.31. The Morgan fingerprint density at radius 2 is 1.29 bits per heavy atom. The lowest BCUT2D eigenvalue weighted by Gasteiger charge is -2.28. The lowest BCUT2D eigenvalue weighted by atomic mass is 9.95. The molecule has 5 atom stereocenters. The Bertz CT molecular complexity index is 1340. The van der Waals surface area contributed by atoms with Gasteiger partial charge in [-0.05, 0) is 67.5 Å². The summed E-state index contributed by atoms with van der Waals surface area (Å²) in [6.45, 7) is 0. The molecule has 2 aliphatic rings. The molecule has 8 nitrogen and oxygen atoms in total. The number of carbonyl (C=O) groups is 4. The van der Waals surface area contributed by atoms with Crippen molar-refractivity contribution < 1.29 is 60.1 Å². The standard InChI is InChI=1S/C27H23F6NO7/c28-26(29,30)17-5-1-3-15(11-17)24(38)40-20(22(35)34-19-10-13-7-8-14(19)9-13)21(23(36)37)41-25(39)16-4-2-6-18(12-16)27(31,32)33/h1-6,11-14,19-21H,7-10H2,(H,34,35)(H,36,37)/t13-,14-,19-,20-,21-/m0/s1. The van der Waals surface area contributed by atoms with Gasteiger partial charge < -0.3 is 19.9 Å². The molecule has 41 heavy (non-hydrogen) atoms. The minimum Gasteiger partial charge on any atom is -0.478 e. The SMILES string of the molecule is O=C(O[C@H](C(=O)O)[C@H](OC(=O)c1cccc(C(F)(F)F)c1)C(=O)N[C@H]1C[C@H]2CC[C@H]1C2)c1cccc(C(F)(F)F)c1. The Balaban J connectivity index is 1.61. The quantitative estimate of drug-likeness (QED) is 0.334. The fourth-order valence-electron chi connectivity index (χ4n) is 5.19. The van der Waals surface area contributed by atoms with Crippen molar-refractivity contribution >= 4 is 23.8 Å². The molecule has 2 fully saturated rings. The van der Waals surface area contributed by atoms with Crippen LogP contribution in [-0.2, 0) is 31.4 Å². The van der Waals surface area contributed by atoms with Gasteiger partial charge in [0, 0.05) is 6.04 Å². The molecule has 2 aromatic rings. The first-order valence-electron chi connectivity index (χ1n) is 12.4. The minimum absolute atomic E-state index is 0.0692. The molecule has 0 heterocycles. The van der Waals surface area contributed by atoms with Crippen LogP contribution in [0.5, 0.6) is 0 Å². The Morgan fingerprint density at radius 3 is 1.71 bits per heavy atom. The first kappa shape index (κ1) is 29.9. The molecule has 14 heteroatoms. The van der Waals surface area contributed by atoms with E-state index in [1.54, 1.807) is 0 Å². The summed E-state index contributed by atoms with van der Waals surface area (Å²) in [6.07, 6.45) is -11.5. The normalized spacial score (nSPS) is 21.6. The third-order valence-corrected chi connectivity index (χ3v) is 7.16. The number of amides is 1. The van der Waals surface area contributed by atoms with Crippen LogP contribution >= 0.6 is 0 Å². The zero-order chi connectivity index (χ0) is 30.1. The van der Waals surface area contributed by atoms with Crippen LogP contribution in [0.4, 0.5) is 26.3 Å². The van der Waals surface area contributed by atoms with Crippen molar-refractivity contribution in [2.24, 2.45) is 11.8 Å². The highest BCUT2D eigenvalue weighted by Crippen LogP contribution is 2.44. The Hall–Kier alpha value is -4.10. The van der Waals surface area contributed by atoms with Crippen molar-refractivity contribution in [3.8, 4) is 0 Å². The topological polar surface area (TPSA) is 119 Å². The molecule has 0 aromatic heterocycles. The number of rotatable bonds is 8. The van der Waals surface area contributed by atoms with Gasteiger partial charge in [0.2, 0.25) is 12.2 Å². The van der Waals surface area contributed by atoms with E-state index in [1.807, 2.05) is 0 Å². The monoisotopic (exact) mass is 587 g/mol. The molecule has 220 valence electrons. The highest BCUT2D eigenvalue weighted by molar-refractivity contribution is 5.97. The minimum atomic E-state index is -4.84. The fourth-order valence-corrected chi connectivity index (χ4v) is 5.19. The van der Waals surface area contributed by atoms with E-state index in [0.29, 0.717) is 36.6 Å². The maximum absolute atomic E-state index is 13.2. The van der Waals surface area contributed by atoms with Gasteiger partial charge in [-0.1, -0.05) is 18.6 Å². The smallest absolute Gasteiger partial charge is 0.416 e. The van der Waals surface area contributed by atoms with Crippen molar-refractivity contribution in [1.82, 2.24) is 5.32 Å². The van der Waals surface area contributed by atoms with Gasteiger partial charge in [-0.25, -0.2) is 14.4 Å². The molecule has 0 aliphatic heterocycles. The number of carboxylic acid groups (broad SMARTS) is 1. The largest absolute Gasteiger partial charge is 0.478 e. The molecule has 2 saturated carbocycles. The van der Waals surface area contributed by atoms with Crippen LogP contribution in [0.15, 0.2) is 48.5 Å². The van der Waals surface area contributed by atoms with Gasteiger partial charge in [0.25, 0.3) is 5.91 Å². The maximum Gasteiger partial charge on any atom is 0.416 e. The third-order valence-electron chi connectivity index (χ3n) is 7.16. The number of alkyl halides is 6. The maximum atomic E-state index is 13.2. The van der Waals surface area contributed by atoms with Crippen LogP contribution in [0.2, 0.25) is 0 Å². The fraction of sp³-hybridized carbons (Fsp3) is 0.407. The summed E-state index contributed by atoms with van der Waals surface area (Å²) < 4.78 is 88.6. The van der Waals surface area contributed by atoms with E-state index in [0.717, 1.165) is 43.5 Å². The summed E-state index contributed by atoms with van der Waals surface area (Å²) in [5, 5.41) is 12.4. The van der Waals surface area contributed by atoms with Gasteiger partial charge >= 0.3 is 30.3 Å². The van der Waals surface area contributed by atoms with Crippen LogP contribution in [0.3, 0.4) is 0 Å². The number of aliphatic carboxylic acids is 1. The van der Waals surface area contributed by atoms with E-state index in [-0.39, 0.29) is 5.92 Å². The van der Waals surface area contributed by atoms with Crippen LogP contribution in [0.25, 0.3) is 0 Å². The summed E-state index contributed by atoms with van der Waals surface area (Å²) in [5.41, 5.74) is -3.84. The number of carbonyl (C=O) groups excluding carboxylic acids is 3. The number of benzene rings is 2. The number of nitrogens with one attached hydrogen (secondary N) is 1. The molecule has 0 saturated heterocycles. The highest BCUT2D eigenvalue weighted by atomic mass is 19.4. The molecule has 2 bridgehead atoms. The van der Waals surface area contributed by atoms with E-state index in [9.17, 15) is 50.6 Å². The number of carboxylic acids is 1. The highest BCUT2D eigenvalue weighted by Gasteiger charge is 2.45. The van der Waals surface area contributed by atoms with Crippen LogP contribution < -0.4 is 5.32 Å². The van der Waals surface area contributed by atoms with Crippen molar-refractivity contribution in [1.29, 1.82) is 0 Å². The average Bonchev–Trinajstić information content (AvgIpc) is 3.53. The van der Waals surface area contributed by atoms with Gasteiger partial charge in [-0.3, -0.25) is 4.79 Å². The van der Waals surface area contributed by atoms with E-state index in [2.05, 4.69) is 5.32 Å². The molecule has 0 spiro atoms. The predicted octanol–water partition coefficient (Wildman–Crippen LogP) is 4.86. The molecule has 1 amide bonds. The van der Waals surface area contributed by atoms with Crippen molar-refractivity contribution in [3.05, 3.63) is 70.8 Å². The van der Waals surface area contributed by atoms with Gasteiger partial charge in [0.1, 0.15) is 0 Å². The predicted molar refractivity (Wildman–Crippen MR) is 126 cm³/mol. The number of fused-ring (bicyclic) bond motifs is 2. The van der Waals surface area contributed by atoms with Crippen LogP contribution in [0, 0.1) is 11.8 Å². The van der Waals surface area contributed by atoms with Crippen molar-refractivity contribution in [3.63, 3.8) is 0 Å². The second kappa shape index (κ2) is 11.4. The molecule has 4 rings (SSSR count). The van der Waals surface area contributed by atoms with Gasteiger partial charge in [0.05, 0.1) is 22.3 Å². The Labute approximate surface area is 228 Å². The third kappa shape index (κ3) is 6.98. The lowest BCUT2D eigenvalue weighted by molar-refractivity contribution is -0.159. The zero-order valence-electron chi connectivity index (χ0n) is 21.0. The van der Waals surface area contributed by atoms with Gasteiger partial charge in [0.15, 0.2) is 0 Å². The second-order valence-corrected chi connectivity index (χ2v) is 9.94. The summed E-state index contributed by atoms with van der Waals surface area (Å²) in [6, 6.07) is 5.37. The van der Waals surface area contributed by atoms with Gasteiger partial charge in [-0.2, -0.15) is 26.3 Å². The number of halogens is 6. The number of hydrogen-bond acceptors (Lipinski definition) is 6. The zero-order valence-corrected chi connectivity index (χ0v) is 21.0. The van der Waals surface area contributed by atoms with Crippen molar-refractivity contribution in [2.75, 3.05) is 0 Å². The molecule has 0 radical (unpaired) electrons. The molecular formula is C27H23F6NO7. The molecular weight excluding hydrogens is 564 g/mol. The van der Waals surface area contributed by atoms with Gasteiger partial charge in [-0.15, -0.1) is 0 Å². The number of esters is 2. The van der Waals surface area contributed by atoms with E-state index >= 15 is 0 Å². The first-order valence-corrected chi connectivity index (χ1v) is 12.4. The average molecular weight is 587 g/mol.